The van der Waals surface area contributed by atoms with Crippen molar-refractivity contribution >= 4 is 5.91 Å². The lowest BCUT2D eigenvalue weighted by molar-refractivity contribution is -0.135. The van der Waals surface area contributed by atoms with E-state index in [1.54, 1.807) is 34.1 Å². The van der Waals surface area contributed by atoms with Gasteiger partial charge in [0.05, 0.1) is 6.10 Å². The number of carbonyl (C=O) groups excluding carboxylic acids is 1. The summed E-state index contributed by atoms with van der Waals surface area (Å²) in [4.78, 5) is 17.9. The number of hydrogen-bond donors (Lipinski definition) is 1. The summed E-state index contributed by atoms with van der Waals surface area (Å²) in [5.41, 5.74) is 0.624. The van der Waals surface area contributed by atoms with Crippen LogP contribution in [0.15, 0.2) is 36.9 Å². The number of aryl methyl sites for hydroxylation is 1. The number of likely N-dealkylation sites (tertiary alicyclic amines) is 1. The summed E-state index contributed by atoms with van der Waals surface area (Å²) in [5.74, 6) is -0.207. The standard InChI is InChI=1S/C18H23FN4O2/c19-16-5-2-1-4-14(16)10-15-7-9-22(11-17(15)24)18(25)6-3-8-23-13-20-12-21-23/h1-2,4-5,12-13,15,17,24H,3,6-11H2/t15-,17+/m1/s1. The van der Waals surface area contributed by atoms with E-state index in [2.05, 4.69) is 10.1 Å². The molecule has 1 saturated heterocycles. The highest BCUT2D eigenvalue weighted by atomic mass is 19.1. The van der Waals surface area contributed by atoms with Gasteiger partial charge in [-0.1, -0.05) is 18.2 Å². The van der Waals surface area contributed by atoms with Gasteiger partial charge in [-0.05, 0) is 36.8 Å². The summed E-state index contributed by atoms with van der Waals surface area (Å²) in [5, 5.41) is 14.4. The number of aromatic nitrogens is 3. The predicted molar refractivity (Wildman–Crippen MR) is 90.1 cm³/mol. The molecule has 1 aliphatic rings. The van der Waals surface area contributed by atoms with E-state index in [4.69, 9.17) is 0 Å². The Morgan fingerprint density at radius 3 is 2.92 bits per heavy atom. The summed E-state index contributed by atoms with van der Waals surface area (Å²) in [6, 6.07) is 6.66. The molecule has 25 heavy (non-hydrogen) atoms. The van der Waals surface area contributed by atoms with Crippen LogP contribution in [0.25, 0.3) is 0 Å². The summed E-state index contributed by atoms with van der Waals surface area (Å²) in [6.45, 7) is 1.58. The number of halogens is 1. The van der Waals surface area contributed by atoms with Crippen molar-refractivity contribution < 1.29 is 14.3 Å². The van der Waals surface area contributed by atoms with Gasteiger partial charge in [-0.25, -0.2) is 9.37 Å². The predicted octanol–water partition coefficient (Wildman–Crippen LogP) is 1.65. The molecule has 0 unspecified atom stereocenters. The Labute approximate surface area is 146 Å². The number of amides is 1. The first-order valence-electron chi connectivity index (χ1n) is 8.65. The lowest BCUT2D eigenvalue weighted by Gasteiger charge is -2.36. The minimum absolute atomic E-state index is 0.0175. The van der Waals surface area contributed by atoms with Crippen molar-refractivity contribution in [3.05, 3.63) is 48.3 Å². The molecule has 1 aliphatic heterocycles. The molecular formula is C18H23FN4O2. The van der Waals surface area contributed by atoms with Crippen LogP contribution in [0.2, 0.25) is 0 Å². The van der Waals surface area contributed by atoms with Crippen molar-refractivity contribution in [2.75, 3.05) is 13.1 Å². The number of piperidine rings is 1. The van der Waals surface area contributed by atoms with Crippen LogP contribution in [0.5, 0.6) is 0 Å². The zero-order valence-electron chi connectivity index (χ0n) is 14.1. The molecule has 0 radical (unpaired) electrons. The smallest absolute Gasteiger partial charge is 0.222 e. The molecule has 0 bridgehead atoms. The number of aliphatic hydroxyl groups excluding tert-OH is 1. The van der Waals surface area contributed by atoms with Crippen LogP contribution in [0.3, 0.4) is 0 Å². The van der Waals surface area contributed by atoms with E-state index in [9.17, 15) is 14.3 Å². The zero-order chi connectivity index (χ0) is 17.6. The average molecular weight is 346 g/mol. The molecule has 7 heteroatoms. The number of nitrogens with zero attached hydrogens (tertiary/aromatic N) is 4. The summed E-state index contributed by atoms with van der Waals surface area (Å²) in [7, 11) is 0. The van der Waals surface area contributed by atoms with Gasteiger partial charge in [-0.3, -0.25) is 9.48 Å². The third kappa shape index (κ3) is 4.63. The van der Waals surface area contributed by atoms with Gasteiger partial charge in [0.2, 0.25) is 5.91 Å². The van der Waals surface area contributed by atoms with Crippen LogP contribution in [-0.4, -0.2) is 49.9 Å². The fourth-order valence-corrected chi connectivity index (χ4v) is 3.29. The van der Waals surface area contributed by atoms with Crippen LogP contribution < -0.4 is 0 Å². The summed E-state index contributed by atoms with van der Waals surface area (Å²) in [6.07, 6.45) is 4.78. The molecule has 1 aromatic heterocycles. The monoisotopic (exact) mass is 346 g/mol. The summed E-state index contributed by atoms with van der Waals surface area (Å²) < 4.78 is 15.5. The number of hydrogen-bond acceptors (Lipinski definition) is 4. The fourth-order valence-electron chi connectivity index (χ4n) is 3.29. The lowest BCUT2D eigenvalue weighted by atomic mass is 9.87. The number of carbonyl (C=O) groups is 1. The number of rotatable bonds is 6. The van der Waals surface area contributed by atoms with E-state index in [0.29, 0.717) is 50.9 Å². The highest BCUT2D eigenvalue weighted by Crippen LogP contribution is 2.24. The molecule has 1 fully saturated rings. The first-order chi connectivity index (χ1) is 12.1. The second kappa shape index (κ2) is 8.20. The largest absolute Gasteiger partial charge is 0.391 e. The second-order valence-corrected chi connectivity index (χ2v) is 6.51. The Hall–Kier alpha value is -2.28. The first kappa shape index (κ1) is 17.5. The molecule has 0 spiro atoms. The number of aliphatic hydroxyl groups is 1. The molecule has 6 nitrogen and oxygen atoms in total. The Kier molecular flexibility index (Phi) is 5.75. The quantitative estimate of drug-likeness (QED) is 0.863. The van der Waals surface area contributed by atoms with E-state index in [1.165, 1.54) is 12.4 Å². The van der Waals surface area contributed by atoms with Gasteiger partial charge in [0.15, 0.2) is 0 Å². The van der Waals surface area contributed by atoms with Gasteiger partial charge in [0.25, 0.3) is 0 Å². The van der Waals surface area contributed by atoms with E-state index in [0.717, 1.165) is 0 Å². The van der Waals surface area contributed by atoms with E-state index >= 15 is 0 Å². The maximum Gasteiger partial charge on any atom is 0.222 e. The Morgan fingerprint density at radius 2 is 2.20 bits per heavy atom. The van der Waals surface area contributed by atoms with E-state index in [1.807, 2.05) is 0 Å². The highest BCUT2D eigenvalue weighted by molar-refractivity contribution is 5.76. The minimum Gasteiger partial charge on any atom is -0.391 e. The molecule has 2 atom stereocenters. The highest BCUT2D eigenvalue weighted by Gasteiger charge is 2.30. The van der Waals surface area contributed by atoms with Crippen molar-refractivity contribution in [2.24, 2.45) is 5.92 Å². The SMILES string of the molecule is O=C(CCCn1cncn1)N1CC[C@H](Cc2ccccc2F)[C@@H](O)C1. The molecule has 0 aliphatic carbocycles. The van der Waals surface area contributed by atoms with Crippen LogP contribution in [0.4, 0.5) is 4.39 Å². The van der Waals surface area contributed by atoms with Gasteiger partial charge < -0.3 is 10.0 Å². The Balaban J connectivity index is 1.46. The fraction of sp³-hybridized carbons (Fsp3) is 0.500. The number of β-amino-alcohol motifs (C(OH)–C–C–N with tert-alkyl or cyclic N) is 1. The maximum atomic E-state index is 13.8. The van der Waals surface area contributed by atoms with Gasteiger partial charge in [0, 0.05) is 26.1 Å². The molecule has 3 rings (SSSR count). The lowest BCUT2D eigenvalue weighted by Crippen LogP contribution is -2.47. The molecule has 2 aromatic rings. The molecule has 0 saturated carbocycles. The third-order valence-corrected chi connectivity index (χ3v) is 4.76. The van der Waals surface area contributed by atoms with Crippen molar-refractivity contribution in [2.45, 2.75) is 38.3 Å². The Morgan fingerprint density at radius 1 is 1.36 bits per heavy atom. The van der Waals surface area contributed by atoms with Gasteiger partial charge in [-0.2, -0.15) is 5.10 Å². The van der Waals surface area contributed by atoms with Crippen molar-refractivity contribution in [3.8, 4) is 0 Å². The van der Waals surface area contributed by atoms with Gasteiger partial charge >= 0.3 is 0 Å². The summed E-state index contributed by atoms with van der Waals surface area (Å²) >= 11 is 0. The van der Waals surface area contributed by atoms with E-state index in [-0.39, 0.29) is 17.6 Å². The zero-order valence-corrected chi connectivity index (χ0v) is 14.1. The van der Waals surface area contributed by atoms with E-state index < -0.39 is 6.10 Å². The van der Waals surface area contributed by atoms with Crippen molar-refractivity contribution in [1.29, 1.82) is 0 Å². The maximum absolute atomic E-state index is 13.8. The third-order valence-electron chi connectivity index (χ3n) is 4.76. The molecule has 1 aromatic carbocycles. The minimum atomic E-state index is -0.618. The number of benzene rings is 1. The normalized spacial score (nSPS) is 20.6. The molecular weight excluding hydrogens is 323 g/mol. The molecule has 2 heterocycles. The molecule has 1 amide bonds. The van der Waals surface area contributed by atoms with Crippen LogP contribution in [-0.2, 0) is 17.8 Å². The van der Waals surface area contributed by atoms with Gasteiger partial charge in [-0.15, -0.1) is 0 Å². The first-order valence-corrected chi connectivity index (χ1v) is 8.65. The molecule has 134 valence electrons. The second-order valence-electron chi connectivity index (χ2n) is 6.51. The van der Waals surface area contributed by atoms with Crippen LogP contribution >= 0.6 is 0 Å². The average Bonchev–Trinajstić information content (AvgIpc) is 3.12. The van der Waals surface area contributed by atoms with Crippen molar-refractivity contribution in [1.82, 2.24) is 19.7 Å². The van der Waals surface area contributed by atoms with Crippen LogP contribution in [0.1, 0.15) is 24.8 Å². The molecule has 1 N–H and O–H groups in total. The van der Waals surface area contributed by atoms with Crippen LogP contribution in [0, 0.1) is 11.7 Å². The van der Waals surface area contributed by atoms with Gasteiger partial charge in [0.1, 0.15) is 18.5 Å². The van der Waals surface area contributed by atoms with Crippen molar-refractivity contribution in [3.63, 3.8) is 0 Å². The Bertz CT molecular complexity index is 692. The topological polar surface area (TPSA) is 71.2 Å².